The van der Waals surface area contributed by atoms with Crippen LogP contribution in [-0.2, 0) is 24.4 Å². The summed E-state index contributed by atoms with van der Waals surface area (Å²) in [5, 5.41) is 17.7. The molecule has 2 rings (SSSR count). The van der Waals surface area contributed by atoms with E-state index in [0.717, 1.165) is 32.4 Å². The van der Waals surface area contributed by atoms with E-state index in [9.17, 15) is 27.9 Å². The lowest BCUT2D eigenvalue weighted by atomic mass is 9.93. The van der Waals surface area contributed by atoms with Crippen LogP contribution in [0.2, 0.25) is 0 Å². The van der Waals surface area contributed by atoms with Gasteiger partial charge in [0.25, 0.3) is 0 Å². The average Bonchev–Trinajstić information content (AvgIpc) is 2.80. The highest BCUT2D eigenvalue weighted by atomic mass is 32.2. The van der Waals surface area contributed by atoms with Gasteiger partial charge < -0.3 is 25.8 Å². The predicted molar refractivity (Wildman–Crippen MR) is 120 cm³/mol. The summed E-state index contributed by atoms with van der Waals surface area (Å²) in [5.74, 6) is -1.48. The van der Waals surface area contributed by atoms with Gasteiger partial charge in [0.2, 0.25) is 21.8 Å². The quantitative estimate of drug-likeness (QED) is 0.258. The van der Waals surface area contributed by atoms with E-state index in [2.05, 4.69) is 20.7 Å². The molecule has 1 aliphatic heterocycles. The summed E-state index contributed by atoms with van der Waals surface area (Å²) in [4.78, 5) is 35.3. The fraction of sp³-hybridized carbons (Fsp3) is 0.571. The number of sulfonamides is 1. The summed E-state index contributed by atoms with van der Waals surface area (Å²) in [6, 6.07) is 4.21. The number of carboxylic acids is 1. The number of nitrogens with one attached hydrogen (secondary N) is 4. The highest BCUT2D eigenvalue weighted by Gasteiger charge is 2.28. The van der Waals surface area contributed by atoms with Crippen LogP contribution < -0.4 is 25.4 Å². The van der Waals surface area contributed by atoms with Crippen LogP contribution in [0.3, 0.4) is 0 Å². The smallest absolute Gasteiger partial charge is 0.323 e. The molecule has 11 nitrogen and oxygen atoms in total. The van der Waals surface area contributed by atoms with Crippen molar-refractivity contribution in [1.82, 2.24) is 20.7 Å². The standard InChI is InChI=1S/C21H32N4O7S/c1-32-17-4-2-3-5-18(17)33(30,31)25-16(21(28)29)14-24-20(27)10-13-23-19(26)7-6-15-8-11-22-12-9-15/h2-5,15-16,22,25H,6-14H2,1H3,(H,23,26)(H,24,27)(H,28,29)/t16-/m0/s1. The van der Waals surface area contributed by atoms with Crippen molar-refractivity contribution in [3.8, 4) is 5.75 Å². The molecule has 2 amide bonds. The molecule has 5 N–H and O–H groups in total. The summed E-state index contributed by atoms with van der Waals surface area (Å²) in [6.07, 6.45) is 3.28. The molecule has 1 aromatic carbocycles. The van der Waals surface area contributed by atoms with Crippen molar-refractivity contribution in [2.24, 2.45) is 5.92 Å². The van der Waals surface area contributed by atoms with Gasteiger partial charge in [-0.05, 0) is 50.4 Å². The largest absolute Gasteiger partial charge is 0.495 e. The van der Waals surface area contributed by atoms with E-state index >= 15 is 0 Å². The van der Waals surface area contributed by atoms with E-state index in [4.69, 9.17) is 4.74 Å². The Labute approximate surface area is 193 Å². The van der Waals surface area contributed by atoms with Crippen LogP contribution >= 0.6 is 0 Å². The van der Waals surface area contributed by atoms with Crippen molar-refractivity contribution in [3.05, 3.63) is 24.3 Å². The van der Waals surface area contributed by atoms with Crippen LogP contribution in [0.15, 0.2) is 29.2 Å². The first-order valence-corrected chi connectivity index (χ1v) is 12.3. The minimum atomic E-state index is -4.21. The molecule has 1 saturated heterocycles. The number of carbonyl (C=O) groups excluding carboxylic acids is 2. The normalized spacial score (nSPS) is 15.4. The Bertz CT molecular complexity index is 917. The highest BCUT2D eigenvalue weighted by Crippen LogP contribution is 2.22. The molecule has 1 heterocycles. The van der Waals surface area contributed by atoms with Crippen molar-refractivity contribution in [1.29, 1.82) is 0 Å². The van der Waals surface area contributed by atoms with Gasteiger partial charge >= 0.3 is 5.97 Å². The fourth-order valence-electron chi connectivity index (χ4n) is 3.48. The SMILES string of the molecule is COc1ccccc1S(=O)(=O)N[C@@H](CNC(=O)CCNC(=O)CCC1CCNCC1)C(=O)O. The molecule has 33 heavy (non-hydrogen) atoms. The number of piperidine rings is 1. The number of carboxylic acid groups (broad SMARTS) is 1. The Kier molecular flexibility index (Phi) is 10.6. The minimum absolute atomic E-state index is 0.0509. The molecule has 0 radical (unpaired) electrons. The fourth-order valence-corrected chi connectivity index (χ4v) is 4.84. The third-order valence-electron chi connectivity index (χ3n) is 5.37. The lowest BCUT2D eigenvalue weighted by Gasteiger charge is -2.22. The molecule has 1 aliphatic rings. The molecule has 0 unspecified atom stereocenters. The van der Waals surface area contributed by atoms with Crippen LogP contribution in [0.1, 0.15) is 32.1 Å². The Morgan fingerprint density at radius 2 is 1.79 bits per heavy atom. The second kappa shape index (κ2) is 13.1. The van der Waals surface area contributed by atoms with Gasteiger partial charge in [-0.25, -0.2) is 8.42 Å². The van der Waals surface area contributed by atoms with Gasteiger partial charge in [0, 0.05) is 25.9 Å². The van der Waals surface area contributed by atoms with Gasteiger partial charge in [0.15, 0.2) is 0 Å². The maximum Gasteiger partial charge on any atom is 0.323 e. The second-order valence-electron chi connectivity index (χ2n) is 7.80. The molecule has 0 saturated carbocycles. The number of ether oxygens (including phenoxy) is 1. The maximum atomic E-state index is 12.6. The first kappa shape index (κ1) is 26.6. The van der Waals surface area contributed by atoms with Crippen molar-refractivity contribution in [2.75, 3.05) is 33.3 Å². The van der Waals surface area contributed by atoms with Gasteiger partial charge in [-0.2, -0.15) is 4.72 Å². The Morgan fingerprint density at radius 1 is 1.12 bits per heavy atom. The van der Waals surface area contributed by atoms with Crippen LogP contribution in [0.25, 0.3) is 0 Å². The number of amides is 2. The molecule has 0 bridgehead atoms. The number of aliphatic carboxylic acids is 1. The van der Waals surface area contributed by atoms with E-state index < -0.39 is 34.5 Å². The summed E-state index contributed by atoms with van der Waals surface area (Å²) in [6.45, 7) is 1.60. The number of methoxy groups -OCH3 is 1. The lowest BCUT2D eigenvalue weighted by molar-refractivity contribution is -0.138. The van der Waals surface area contributed by atoms with Gasteiger partial charge in [-0.3, -0.25) is 14.4 Å². The molecule has 0 aromatic heterocycles. The minimum Gasteiger partial charge on any atom is -0.495 e. The predicted octanol–water partition coefficient (Wildman–Crippen LogP) is -0.171. The summed E-state index contributed by atoms with van der Waals surface area (Å²) in [5.41, 5.74) is 0. The second-order valence-corrected chi connectivity index (χ2v) is 9.48. The van der Waals surface area contributed by atoms with Crippen molar-refractivity contribution >= 4 is 27.8 Å². The van der Waals surface area contributed by atoms with Crippen molar-refractivity contribution in [2.45, 2.75) is 43.0 Å². The highest BCUT2D eigenvalue weighted by molar-refractivity contribution is 7.89. The Hall–Kier alpha value is -2.70. The molecule has 0 aliphatic carbocycles. The zero-order valence-corrected chi connectivity index (χ0v) is 19.4. The summed E-state index contributed by atoms with van der Waals surface area (Å²) in [7, 11) is -2.91. The van der Waals surface area contributed by atoms with E-state index in [1.54, 1.807) is 6.07 Å². The van der Waals surface area contributed by atoms with Crippen LogP contribution in [0, 0.1) is 5.92 Å². The number of carbonyl (C=O) groups is 3. The third kappa shape index (κ3) is 8.98. The third-order valence-corrected chi connectivity index (χ3v) is 6.88. The van der Waals surface area contributed by atoms with E-state index in [-0.39, 0.29) is 29.5 Å². The molecular weight excluding hydrogens is 452 g/mol. The average molecular weight is 485 g/mol. The number of rotatable bonds is 13. The molecule has 1 aromatic rings. The molecule has 12 heteroatoms. The lowest BCUT2D eigenvalue weighted by Crippen LogP contribution is -2.48. The molecular formula is C21H32N4O7S. The Morgan fingerprint density at radius 3 is 2.45 bits per heavy atom. The number of benzene rings is 1. The monoisotopic (exact) mass is 484 g/mol. The first-order chi connectivity index (χ1) is 15.7. The van der Waals surface area contributed by atoms with E-state index in [0.29, 0.717) is 12.3 Å². The van der Waals surface area contributed by atoms with Crippen molar-refractivity contribution in [3.63, 3.8) is 0 Å². The molecule has 0 spiro atoms. The van der Waals surface area contributed by atoms with Gasteiger partial charge in [-0.15, -0.1) is 0 Å². The van der Waals surface area contributed by atoms with Gasteiger partial charge in [-0.1, -0.05) is 12.1 Å². The van der Waals surface area contributed by atoms with Crippen LogP contribution in [-0.4, -0.2) is 70.6 Å². The molecule has 1 fully saturated rings. The number of para-hydroxylation sites is 1. The van der Waals surface area contributed by atoms with Crippen LogP contribution in [0.5, 0.6) is 5.75 Å². The molecule has 1 atom stereocenters. The van der Waals surface area contributed by atoms with E-state index in [1.807, 2.05) is 0 Å². The Balaban J connectivity index is 1.75. The van der Waals surface area contributed by atoms with Gasteiger partial charge in [0.05, 0.1) is 7.11 Å². The summed E-state index contributed by atoms with van der Waals surface area (Å²) >= 11 is 0. The van der Waals surface area contributed by atoms with E-state index in [1.165, 1.54) is 25.3 Å². The molecule has 184 valence electrons. The summed E-state index contributed by atoms with van der Waals surface area (Å²) < 4.78 is 32.2. The number of hydrogen-bond donors (Lipinski definition) is 5. The first-order valence-electron chi connectivity index (χ1n) is 10.8. The maximum absolute atomic E-state index is 12.6. The zero-order chi connectivity index (χ0) is 24.3. The van der Waals surface area contributed by atoms with Gasteiger partial charge in [0.1, 0.15) is 16.7 Å². The van der Waals surface area contributed by atoms with Crippen molar-refractivity contribution < 1.29 is 32.6 Å². The van der Waals surface area contributed by atoms with Crippen LogP contribution in [0.4, 0.5) is 0 Å². The zero-order valence-electron chi connectivity index (χ0n) is 18.6. The number of hydrogen-bond acceptors (Lipinski definition) is 7. The topological polar surface area (TPSA) is 163 Å².